The van der Waals surface area contributed by atoms with E-state index in [0.29, 0.717) is 13.0 Å². The van der Waals surface area contributed by atoms with Gasteiger partial charge in [-0.05, 0) is 44.4 Å². The van der Waals surface area contributed by atoms with Crippen molar-refractivity contribution in [2.75, 3.05) is 6.61 Å². The highest BCUT2D eigenvalue weighted by atomic mass is 16.5. The molecule has 2 nitrogen and oxygen atoms in total. The summed E-state index contributed by atoms with van der Waals surface area (Å²) < 4.78 is 5.46. The van der Waals surface area contributed by atoms with Gasteiger partial charge in [-0.1, -0.05) is 226 Å². The van der Waals surface area contributed by atoms with Crippen molar-refractivity contribution in [1.82, 2.24) is 0 Å². The molecule has 0 aromatic heterocycles. The molecule has 2 heteroatoms. The third-order valence-electron chi connectivity index (χ3n) is 10.1. The van der Waals surface area contributed by atoms with Gasteiger partial charge in [0.1, 0.15) is 0 Å². The fraction of sp³-hybridized carbons (Fsp3) is 0.933. The van der Waals surface area contributed by atoms with E-state index in [0.717, 1.165) is 25.2 Å². The molecule has 0 unspecified atom stereocenters. The zero-order valence-corrected chi connectivity index (χ0v) is 32.9. The van der Waals surface area contributed by atoms with Gasteiger partial charge in [-0.2, -0.15) is 0 Å². The van der Waals surface area contributed by atoms with Crippen LogP contribution in [0.5, 0.6) is 0 Å². The zero-order valence-electron chi connectivity index (χ0n) is 32.9. The molecule has 0 fully saturated rings. The molecule has 0 bridgehead atoms. The smallest absolute Gasteiger partial charge is 0.305 e. The highest BCUT2D eigenvalue weighted by Gasteiger charge is 2.03. The van der Waals surface area contributed by atoms with E-state index in [2.05, 4.69) is 32.9 Å². The summed E-state index contributed by atoms with van der Waals surface area (Å²) in [6, 6.07) is 0. The summed E-state index contributed by atoms with van der Waals surface area (Å²) in [5.41, 5.74) is 0. The number of carbonyl (C=O) groups is 1. The van der Waals surface area contributed by atoms with Gasteiger partial charge in [-0.25, -0.2) is 0 Å². The van der Waals surface area contributed by atoms with Crippen molar-refractivity contribution in [3.05, 3.63) is 12.2 Å². The van der Waals surface area contributed by atoms with Crippen LogP contribution in [0.25, 0.3) is 0 Å². The lowest BCUT2D eigenvalue weighted by molar-refractivity contribution is -0.143. The van der Waals surface area contributed by atoms with Crippen LogP contribution in [-0.4, -0.2) is 12.6 Å². The summed E-state index contributed by atoms with van der Waals surface area (Å²) in [6.07, 6.45) is 54.6. The van der Waals surface area contributed by atoms with Crippen LogP contribution in [0.15, 0.2) is 12.2 Å². The number of rotatable bonds is 40. The number of unbranched alkanes of at least 4 members (excludes halogenated alkanes) is 32. The first-order chi connectivity index (χ1) is 23.2. The van der Waals surface area contributed by atoms with Gasteiger partial charge in [-0.3, -0.25) is 4.79 Å². The van der Waals surface area contributed by atoms with E-state index >= 15 is 0 Å². The molecular weight excluding hydrogens is 572 g/mol. The summed E-state index contributed by atoms with van der Waals surface area (Å²) in [7, 11) is 0. The number of esters is 1. The van der Waals surface area contributed by atoms with Crippen LogP contribution in [0.3, 0.4) is 0 Å². The Morgan fingerprint density at radius 3 is 1.13 bits per heavy atom. The first-order valence-corrected chi connectivity index (χ1v) is 22.0. The molecule has 0 aliphatic heterocycles. The average molecular weight is 661 g/mol. The van der Waals surface area contributed by atoms with E-state index in [-0.39, 0.29) is 5.97 Å². The van der Waals surface area contributed by atoms with Gasteiger partial charge in [0, 0.05) is 6.42 Å². The molecule has 0 saturated carbocycles. The van der Waals surface area contributed by atoms with Crippen LogP contribution < -0.4 is 0 Å². The van der Waals surface area contributed by atoms with Gasteiger partial charge < -0.3 is 4.74 Å². The summed E-state index contributed by atoms with van der Waals surface area (Å²) in [5, 5.41) is 0. The summed E-state index contributed by atoms with van der Waals surface area (Å²) in [5.74, 6) is 0.905. The van der Waals surface area contributed by atoms with E-state index in [4.69, 9.17) is 4.74 Å². The van der Waals surface area contributed by atoms with Gasteiger partial charge in [0.05, 0.1) is 6.61 Å². The minimum atomic E-state index is 0.0189. The van der Waals surface area contributed by atoms with Crippen LogP contribution in [0.2, 0.25) is 0 Å². The predicted molar refractivity (Wildman–Crippen MR) is 211 cm³/mol. The quantitative estimate of drug-likeness (QED) is 0.0371. The molecule has 0 aliphatic carbocycles. The maximum atomic E-state index is 12.0. The normalized spacial score (nSPS) is 11.7. The van der Waals surface area contributed by atoms with Crippen molar-refractivity contribution in [3.63, 3.8) is 0 Å². The largest absolute Gasteiger partial charge is 0.466 e. The maximum Gasteiger partial charge on any atom is 0.305 e. The molecule has 0 atom stereocenters. The number of carbonyl (C=O) groups excluding carboxylic acids is 1. The highest BCUT2D eigenvalue weighted by molar-refractivity contribution is 5.69. The fourth-order valence-electron chi connectivity index (χ4n) is 6.79. The lowest BCUT2D eigenvalue weighted by Gasteiger charge is -2.06. The lowest BCUT2D eigenvalue weighted by Crippen LogP contribution is -2.05. The fourth-order valence-corrected chi connectivity index (χ4v) is 6.79. The summed E-state index contributed by atoms with van der Waals surface area (Å²) >= 11 is 0. The standard InChI is InChI=1S/C45H88O2/c1-4-5-6-7-8-9-10-23-27-30-33-36-39-42-45(46)47-43-40-37-34-31-28-25-22-20-18-16-14-12-11-13-15-17-19-21-24-26-29-32-35-38-41-44(2)3/h9-10,44H,4-8,11-43H2,1-3H3/b10-9-. The maximum absolute atomic E-state index is 12.0. The molecule has 0 radical (unpaired) electrons. The third-order valence-corrected chi connectivity index (χ3v) is 10.1. The van der Waals surface area contributed by atoms with Crippen LogP contribution in [0, 0.1) is 5.92 Å². The van der Waals surface area contributed by atoms with Gasteiger partial charge in [-0.15, -0.1) is 0 Å². The van der Waals surface area contributed by atoms with Crippen molar-refractivity contribution in [2.24, 2.45) is 5.92 Å². The topological polar surface area (TPSA) is 26.3 Å². The lowest BCUT2D eigenvalue weighted by atomic mass is 10.0. The molecule has 0 amide bonds. The van der Waals surface area contributed by atoms with Crippen LogP contribution in [-0.2, 0) is 9.53 Å². The van der Waals surface area contributed by atoms with Gasteiger partial charge >= 0.3 is 5.97 Å². The average Bonchev–Trinajstić information content (AvgIpc) is 3.06. The number of hydrogen-bond donors (Lipinski definition) is 0. The number of hydrogen-bond acceptors (Lipinski definition) is 2. The molecule has 0 aliphatic rings. The third kappa shape index (κ3) is 43.2. The monoisotopic (exact) mass is 661 g/mol. The van der Waals surface area contributed by atoms with Crippen LogP contribution in [0.1, 0.15) is 258 Å². The minimum absolute atomic E-state index is 0.0189. The molecule has 0 saturated heterocycles. The minimum Gasteiger partial charge on any atom is -0.466 e. The molecule has 0 aromatic carbocycles. The molecule has 0 aromatic rings. The first kappa shape index (κ1) is 46.2. The molecule has 280 valence electrons. The Hall–Kier alpha value is -0.790. The van der Waals surface area contributed by atoms with E-state index in [1.807, 2.05) is 0 Å². The van der Waals surface area contributed by atoms with E-state index in [1.54, 1.807) is 0 Å². The Labute approximate surface area is 297 Å². The van der Waals surface area contributed by atoms with Crippen molar-refractivity contribution >= 4 is 5.97 Å². The predicted octanol–water partition coefficient (Wildman–Crippen LogP) is 16.2. The van der Waals surface area contributed by atoms with Gasteiger partial charge in [0.15, 0.2) is 0 Å². The van der Waals surface area contributed by atoms with Crippen molar-refractivity contribution < 1.29 is 9.53 Å². The second-order valence-electron chi connectivity index (χ2n) is 15.5. The molecule has 0 rings (SSSR count). The Morgan fingerprint density at radius 1 is 0.426 bits per heavy atom. The van der Waals surface area contributed by atoms with Crippen molar-refractivity contribution in [1.29, 1.82) is 0 Å². The van der Waals surface area contributed by atoms with Crippen LogP contribution >= 0.6 is 0 Å². The number of allylic oxidation sites excluding steroid dienone is 2. The van der Waals surface area contributed by atoms with E-state index < -0.39 is 0 Å². The molecule has 0 N–H and O–H groups in total. The molecule has 0 heterocycles. The van der Waals surface area contributed by atoms with Crippen molar-refractivity contribution in [2.45, 2.75) is 258 Å². The second-order valence-corrected chi connectivity index (χ2v) is 15.5. The first-order valence-electron chi connectivity index (χ1n) is 22.0. The Morgan fingerprint density at radius 2 is 0.745 bits per heavy atom. The summed E-state index contributed by atoms with van der Waals surface area (Å²) in [6.45, 7) is 7.58. The molecule has 0 spiro atoms. The molecular formula is C45H88O2. The molecule has 47 heavy (non-hydrogen) atoms. The Bertz CT molecular complexity index is 609. The zero-order chi connectivity index (χ0) is 34.1. The van der Waals surface area contributed by atoms with Gasteiger partial charge in [0.2, 0.25) is 0 Å². The van der Waals surface area contributed by atoms with Crippen LogP contribution in [0.4, 0.5) is 0 Å². The second kappa shape index (κ2) is 41.4. The van der Waals surface area contributed by atoms with Gasteiger partial charge in [0.25, 0.3) is 0 Å². The summed E-state index contributed by atoms with van der Waals surface area (Å²) in [4.78, 5) is 12.0. The Kier molecular flexibility index (Phi) is 40.7. The van der Waals surface area contributed by atoms with Crippen molar-refractivity contribution in [3.8, 4) is 0 Å². The number of ether oxygens (including phenoxy) is 1. The van der Waals surface area contributed by atoms with E-state index in [9.17, 15) is 4.79 Å². The van der Waals surface area contributed by atoms with E-state index in [1.165, 1.54) is 212 Å². The SMILES string of the molecule is CCCCCC/C=C\CCCCCCCC(=O)OCCCCCCCCCCCCCCCCCCCCCCCCCCC(C)C. The highest BCUT2D eigenvalue weighted by Crippen LogP contribution is 2.17. The Balaban J connectivity index is 3.15.